The molecule has 1 fully saturated rings. The molecule has 0 aliphatic carbocycles. The molecule has 3 atom stereocenters. The van der Waals surface area contributed by atoms with E-state index in [1.54, 1.807) is 0 Å². The number of aliphatic hydroxyl groups is 1. The van der Waals surface area contributed by atoms with E-state index >= 15 is 0 Å². The maximum atomic E-state index is 12.4. The highest BCUT2D eigenvalue weighted by atomic mass is 79.9. The van der Waals surface area contributed by atoms with E-state index in [1.807, 2.05) is 0 Å². The SMILES string of the molecule is C[C@@H]1CCC[C@H](C)N1C[C@@H](O)CNS(=O)(=O)c1c(Cl)sc(Cl)c1Br. The lowest BCUT2D eigenvalue weighted by molar-refractivity contribution is 0.0438. The van der Waals surface area contributed by atoms with Crippen LogP contribution in [0.15, 0.2) is 9.37 Å². The highest BCUT2D eigenvalue weighted by molar-refractivity contribution is 9.10. The fourth-order valence-corrected chi connectivity index (χ4v) is 7.61. The summed E-state index contributed by atoms with van der Waals surface area (Å²) in [4.78, 5) is 2.15. The van der Waals surface area contributed by atoms with Gasteiger partial charge in [-0.3, -0.25) is 4.90 Å². The van der Waals surface area contributed by atoms with Crippen LogP contribution in [0.3, 0.4) is 0 Å². The van der Waals surface area contributed by atoms with Crippen molar-refractivity contribution in [2.24, 2.45) is 0 Å². The van der Waals surface area contributed by atoms with Gasteiger partial charge in [-0.05, 0) is 42.6 Å². The first kappa shape index (κ1) is 20.9. The summed E-state index contributed by atoms with van der Waals surface area (Å²) in [6.07, 6.45) is 2.58. The van der Waals surface area contributed by atoms with Crippen molar-refractivity contribution in [3.8, 4) is 0 Å². The molecule has 0 amide bonds. The first-order valence-electron chi connectivity index (χ1n) is 7.70. The van der Waals surface area contributed by atoms with Gasteiger partial charge in [0.25, 0.3) is 0 Å². The number of halogens is 3. The molecule has 0 radical (unpaired) electrons. The lowest BCUT2D eigenvalue weighted by Gasteiger charge is -2.40. The second-order valence-electron chi connectivity index (χ2n) is 6.12. The monoisotopic (exact) mass is 478 g/mol. The van der Waals surface area contributed by atoms with Crippen molar-refractivity contribution in [1.82, 2.24) is 9.62 Å². The lowest BCUT2D eigenvalue weighted by Crippen LogP contribution is -2.49. The van der Waals surface area contributed by atoms with Crippen LogP contribution in [-0.2, 0) is 10.0 Å². The van der Waals surface area contributed by atoms with Crippen LogP contribution >= 0.6 is 50.5 Å². The largest absolute Gasteiger partial charge is 0.390 e. The van der Waals surface area contributed by atoms with Gasteiger partial charge >= 0.3 is 0 Å². The van der Waals surface area contributed by atoms with Gasteiger partial charge in [0.1, 0.15) is 13.6 Å². The van der Waals surface area contributed by atoms with Gasteiger partial charge in [0.05, 0.1) is 10.6 Å². The Bertz CT molecular complexity index is 674. The summed E-state index contributed by atoms with van der Waals surface area (Å²) in [6.45, 7) is 4.63. The number of hydrogen-bond acceptors (Lipinski definition) is 5. The zero-order valence-corrected chi connectivity index (χ0v) is 18.2. The molecule has 5 nitrogen and oxygen atoms in total. The van der Waals surface area contributed by atoms with Crippen LogP contribution in [0.25, 0.3) is 0 Å². The van der Waals surface area contributed by atoms with E-state index in [-0.39, 0.29) is 24.6 Å². The van der Waals surface area contributed by atoms with Crippen LogP contribution in [0.1, 0.15) is 33.1 Å². The zero-order valence-electron chi connectivity index (χ0n) is 13.4. The third kappa shape index (κ3) is 4.85. The van der Waals surface area contributed by atoms with Crippen molar-refractivity contribution in [1.29, 1.82) is 0 Å². The van der Waals surface area contributed by atoms with Crippen molar-refractivity contribution in [3.05, 3.63) is 13.1 Å². The van der Waals surface area contributed by atoms with E-state index < -0.39 is 16.1 Å². The Morgan fingerprint density at radius 2 is 1.92 bits per heavy atom. The minimum Gasteiger partial charge on any atom is -0.390 e. The van der Waals surface area contributed by atoms with Gasteiger partial charge < -0.3 is 5.11 Å². The van der Waals surface area contributed by atoms with Gasteiger partial charge in [-0.25, -0.2) is 13.1 Å². The number of rotatable bonds is 6. The number of piperidine rings is 1. The van der Waals surface area contributed by atoms with Gasteiger partial charge in [0.15, 0.2) is 0 Å². The number of likely N-dealkylation sites (tertiary alicyclic amines) is 1. The number of nitrogens with zero attached hydrogens (tertiary/aromatic N) is 1. The molecule has 24 heavy (non-hydrogen) atoms. The van der Waals surface area contributed by atoms with Gasteiger partial charge in [0.2, 0.25) is 10.0 Å². The molecule has 10 heteroatoms. The average Bonchev–Trinajstić information content (AvgIpc) is 2.74. The molecular formula is C14H21BrCl2N2O3S2. The number of sulfonamides is 1. The predicted octanol–water partition coefficient (Wildman–Crippen LogP) is 3.72. The summed E-state index contributed by atoms with van der Waals surface area (Å²) < 4.78 is 27.9. The van der Waals surface area contributed by atoms with E-state index in [0.717, 1.165) is 24.2 Å². The van der Waals surface area contributed by atoms with Crippen LogP contribution in [0.2, 0.25) is 8.67 Å². The lowest BCUT2D eigenvalue weighted by atomic mass is 9.97. The first-order valence-corrected chi connectivity index (χ1v) is 11.5. The molecule has 2 N–H and O–H groups in total. The maximum absolute atomic E-state index is 12.4. The summed E-state index contributed by atoms with van der Waals surface area (Å²) in [6, 6.07) is 0.776. The van der Waals surface area contributed by atoms with Crippen LogP contribution in [0, 0.1) is 0 Å². The van der Waals surface area contributed by atoms with Crippen molar-refractivity contribution >= 4 is 60.5 Å². The average molecular weight is 480 g/mol. The van der Waals surface area contributed by atoms with Crippen LogP contribution < -0.4 is 4.72 Å². The van der Waals surface area contributed by atoms with Crippen LogP contribution in [-0.4, -0.2) is 49.7 Å². The zero-order chi connectivity index (χ0) is 18.1. The fourth-order valence-electron chi connectivity index (χ4n) is 2.99. The maximum Gasteiger partial charge on any atom is 0.244 e. The van der Waals surface area contributed by atoms with Gasteiger partial charge in [0, 0.05) is 25.2 Å². The van der Waals surface area contributed by atoms with E-state index in [4.69, 9.17) is 23.2 Å². The number of thiophene rings is 1. The smallest absolute Gasteiger partial charge is 0.244 e. The Morgan fingerprint density at radius 1 is 1.33 bits per heavy atom. The van der Waals surface area contributed by atoms with E-state index in [1.165, 1.54) is 6.42 Å². The van der Waals surface area contributed by atoms with Crippen LogP contribution in [0.5, 0.6) is 0 Å². The number of β-amino-alcohol motifs (C(OH)–C–C–N with tert-alkyl or cyclic N) is 1. The quantitative estimate of drug-likeness (QED) is 0.652. The molecule has 0 bridgehead atoms. The molecule has 0 spiro atoms. The normalized spacial score (nSPS) is 24.2. The minimum atomic E-state index is -3.85. The molecule has 1 aliphatic rings. The predicted molar refractivity (Wildman–Crippen MR) is 103 cm³/mol. The molecule has 1 aromatic heterocycles. The summed E-state index contributed by atoms with van der Waals surface area (Å²) in [5, 5.41) is 10.3. The van der Waals surface area contributed by atoms with Crippen molar-refractivity contribution in [2.45, 2.75) is 56.2 Å². The summed E-state index contributed by atoms with van der Waals surface area (Å²) in [5.41, 5.74) is 0. The number of hydrogen-bond donors (Lipinski definition) is 2. The second-order valence-corrected chi connectivity index (χ2v) is 10.8. The second kappa shape index (κ2) is 8.52. The molecule has 2 heterocycles. The molecule has 1 aliphatic heterocycles. The third-order valence-electron chi connectivity index (χ3n) is 4.31. The van der Waals surface area contributed by atoms with E-state index in [2.05, 4.69) is 39.4 Å². The standard InChI is InChI=1S/C14H21BrCl2N2O3S2/c1-8-4-3-5-9(2)19(8)7-10(20)6-18-24(21,22)12-11(15)13(16)23-14(12)17/h8-10,18,20H,3-7H2,1-2H3/t8-,9+,10-/m0/s1. The highest BCUT2D eigenvalue weighted by Gasteiger charge is 2.29. The molecule has 1 saturated heterocycles. The molecule has 0 aromatic carbocycles. The third-order valence-corrected chi connectivity index (χ3v) is 9.19. The Morgan fingerprint density at radius 3 is 2.42 bits per heavy atom. The number of aliphatic hydroxyl groups excluding tert-OH is 1. The van der Waals surface area contributed by atoms with E-state index in [0.29, 0.717) is 18.6 Å². The fraction of sp³-hybridized carbons (Fsp3) is 0.714. The van der Waals surface area contributed by atoms with Crippen molar-refractivity contribution in [2.75, 3.05) is 13.1 Å². The Balaban J connectivity index is 1.99. The molecule has 138 valence electrons. The summed E-state index contributed by atoms with van der Waals surface area (Å²) in [5.74, 6) is 0. The van der Waals surface area contributed by atoms with Crippen molar-refractivity contribution < 1.29 is 13.5 Å². The summed E-state index contributed by atoms with van der Waals surface area (Å²) >= 11 is 16.0. The molecular weight excluding hydrogens is 459 g/mol. The molecule has 1 aromatic rings. The number of nitrogens with one attached hydrogen (secondary N) is 1. The summed E-state index contributed by atoms with van der Waals surface area (Å²) in [7, 11) is -3.85. The van der Waals surface area contributed by atoms with Gasteiger partial charge in [-0.2, -0.15) is 0 Å². The Hall–Kier alpha value is 0.590. The topological polar surface area (TPSA) is 69.6 Å². The van der Waals surface area contributed by atoms with Crippen LogP contribution in [0.4, 0.5) is 0 Å². The van der Waals surface area contributed by atoms with Gasteiger partial charge in [-0.15, -0.1) is 11.3 Å². The first-order chi connectivity index (χ1) is 11.1. The molecule has 0 saturated carbocycles. The van der Waals surface area contributed by atoms with Crippen molar-refractivity contribution in [3.63, 3.8) is 0 Å². The van der Waals surface area contributed by atoms with E-state index in [9.17, 15) is 13.5 Å². The Labute approximate surface area is 165 Å². The molecule has 2 rings (SSSR count). The highest BCUT2D eigenvalue weighted by Crippen LogP contribution is 2.42. The Kier molecular flexibility index (Phi) is 7.42. The molecule has 0 unspecified atom stereocenters. The van der Waals surface area contributed by atoms with Gasteiger partial charge in [-0.1, -0.05) is 29.6 Å². The minimum absolute atomic E-state index is 0.0749.